The van der Waals surface area contributed by atoms with Crippen molar-refractivity contribution in [3.05, 3.63) is 0 Å². The summed E-state index contributed by atoms with van der Waals surface area (Å²) in [5.41, 5.74) is 0. The summed E-state index contributed by atoms with van der Waals surface area (Å²) in [5.74, 6) is -1.17. The molecule has 2 amide bonds. The quantitative estimate of drug-likeness (QED) is 0.719. The molecule has 6 nitrogen and oxygen atoms in total. The monoisotopic (exact) mass is 255 g/mol. The molecule has 102 valence electrons. The number of aliphatic carboxylic acids is 1. The Morgan fingerprint density at radius 3 is 2.44 bits per heavy atom. The first-order chi connectivity index (χ1) is 8.47. The van der Waals surface area contributed by atoms with Crippen molar-refractivity contribution < 1.29 is 14.7 Å². The van der Waals surface area contributed by atoms with Gasteiger partial charge in [0, 0.05) is 13.1 Å². The van der Waals surface area contributed by atoms with Crippen LogP contribution in [0.15, 0.2) is 0 Å². The van der Waals surface area contributed by atoms with Crippen LogP contribution in [-0.2, 0) is 4.79 Å². The van der Waals surface area contributed by atoms with E-state index in [-0.39, 0.29) is 12.3 Å². The standard InChI is InChI=1S/C12H21N3O3/c1-4-9(3)10(11(16)17)14-12(18)15(5-2)8-6-7-13/h9-10H,4-6,8H2,1-3H3,(H,14,18)(H,16,17)/t9-,10-/m0/s1. The second-order valence-electron chi connectivity index (χ2n) is 4.14. The number of carboxylic acid groups (broad SMARTS) is 1. The fourth-order valence-electron chi connectivity index (χ4n) is 1.50. The van der Waals surface area contributed by atoms with Gasteiger partial charge < -0.3 is 15.3 Å². The van der Waals surface area contributed by atoms with E-state index in [0.717, 1.165) is 0 Å². The van der Waals surface area contributed by atoms with E-state index in [4.69, 9.17) is 10.4 Å². The first-order valence-corrected chi connectivity index (χ1v) is 6.13. The molecule has 0 aromatic carbocycles. The van der Waals surface area contributed by atoms with E-state index in [9.17, 15) is 9.59 Å². The summed E-state index contributed by atoms with van der Waals surface area (Å²) in [4.78, 5) is 24.4. The summed E-state index contributed by atoms with van der Waals surface area (Å²) in [5, 5.41) is 20.1. The molecule has 0 aromatic rings. The fraction of sp³-hybridized carbons (Fsp3) is 0.750. The van der Waals surface area contributed by atoms with Crippen molar-refractivity contribution in [2.45, 2.75) is 39.7 Å². The van der Waals surface area contributed by atoms with Crippen LogP contribution in [-0.4, -0.2) is 41.1 Å². The lowest BCUT2D eigenvalue weighted by Gasteiger charge is -2.25. The Labute approximate surface area is 108 Å². The van der Waals surface area contributed by atoms with Crippen LogP contribution in [0.1, 0.15) is 33.6 Å². The van der Waals surface area contributed by atoms with Crippen molar-refractivity contribution >= 4 is 12.0 Å². The van der Waals surface area contributed by atoms with Crippen LogP contribution in [0.5, 0.6) is 0 Å². The molecule has 0 aliphatic carbocycles. The Balaban J connectivity index is 4.57. The molecule has 0 aromatic heterocycles. The van der Waals surface area contributed by atoms with E-state index in [1.54, 1.807) is 13.8 Å². The zero-order valence-electron chi connectivity index (χ0n) is 11.1. The first-order valence-electron chi connectivity index (χ1n) is 6.13. The van der Waals surface area contributed by atoms with Gasteiger partial charge in [-0.3, -0.25) is 0 Å². The maximum atomic E-state index is 11.9. The van der Waals surface area contributed by atoms with Gasteiger partial charge in [-0.1, -0.05) is 20.3 Å². The van der Waals surface area contributed by atoms with Gasteiger partial charge >= 0.3 is 12.0 Å². The van der Waals surface area contributed by atoms with Gasteiger partial charge in [0.2, 0.25) is 0 Å². The number of nitrogens with one attached hydrogen (secondary N) is 1. The SMILES string of the molecule is CC[C@H](C)[C@H](NC(=O)N(CC)CCC#N)C(=O)O. The molecule has 0 aliphatic rings. The molecule has 2 N–H and O–H groups in total. The van der Waals surface area contributed by atoms with Gasteiger partial charge in [-0.05, 0) is 12.8 Å². The van der Waals surface area contributed by atoms with Crippen LogP contribution in [0, 0.1) is 17.2 Å². The maximum absolute atomic E-state index is 11.9. The largest absolute Gasteiger partial charge is 0.480 e. The van der Waals surface area contributed by atoms with Crippen LogP contribution >= 0.6 is 0 Å². The minimum atomic E-state index is -1.03. The van der Waals surface area contributed by atoms with Crippen molar-refractivity contribution in [2.24, 2.45) is 5.92 Å². The number of carbonyl (C=O) groups is 2. The third kappa shape index (κ3) is 5.04. The predicted octanol–water partition coefficient (Wildman–Crippen LogP) is 1.43. The Hall–Kier alpha value is -1.77. The lowest BCUT2D eigenvalue weighted by atomic mass is 9.99. The highest BCUT2D eigenvalue weighted by atomic mass is 16.4. The van der Waals surface area contributed by atoms with E-state index < -0.39 is 18.0 Å². The van der Waals surface area contributed by atoms with E-state index in [2.05, 4.69) is 5.32 Å². The smallest absolute Gasteiger partial charge is 0.326 e. The Kier molecular flexibility index (Phi) is 7.52. The average Bonchev–Trinajstić information content (AvgIpc) is 2.35. The van der Waals surface area contributed by atoms with Crippen LogP contribution in [0.3, 0.4) is 0 Å². The van der Waals surface area contributed by atoms with Crippen LogP contribution in [0.2, 0.25) is 0 Å². The van der Waals surface area contributed by atoms with E-state index in [0.29, 0.717) is 19.5 Å². The molecule has 0 saturated heterocycles. The van der Waals surface area contributed by atoms with E-state index >= 15 is 0 Å². The molecule has 6 heteroatoms. The zero-order valence-corrected chi connectivity index (χ0v) is 11.1. The third-order valence-electron chi connectivity index (χ3n) is 2.92. The number of nitrogens with zero attached hydrogens (tertiary/aromatic N) is 2. The molecule has 0 heterocycles. The van der Waals surface area contributed by atoms with Crippen molar-refractivity contribution in [2.75, 3.05) is 13.1 Å². The number of urea groups is 1. The van der Waals surface area contributed by atoms with Crippen molar-refractivity contribution in [3.8, 4) is 6.07 Å². The van der Waals surface area contributed by atoms with Gasteiger partial charge in [0.05, 0.1) is 12.5 Å². The summed E-state index contributed by atoms with van der Waals surface area (Å²) < 4.78 is 0. The summed E-state index contributed by atoms with van der Waals surface area (Å²) in [6.07, 6.45) is 0.907. The highest BCUT2D eigenvalue weighted by molar-refractivity contribution is 5.82. The Morgan fingerprint density at radius 2 is 2.06 bits per heavy atom. The lowest BCUT2D eigenvalue weighted by molar-refractivity contribution is -0.140. The van der Waals surface area contributed by atoms with Crippen molar-refractivity contribution in [3.63, 3.8) is 0 Å². The highest BCUT2D eigenvalue weighted by Gasteiger charge is 2.26. The maximum Gasteiger partial charge on any atom is 0.326 e. The highest BCUT2D eigenvalue weighted by Crippen LogP contribution is 2.08. The third-order valence-corrected chi connectivity index (χ3v) is 2.92. The molecule has 18 heavy (non-hydrogen) atoms. The average molecular weight is 255 g/mol. The fourth-order valence-corrected chi connectivity index (χ4v) is 1.50. The molecule has 0 spiro atoms. The van der Waals surface area contributed by atoms with E-state index in [1.807, 2.05) is 13.0 Å². The van der Waals surface area contributed by atoms with Crippen LogP contribution in [0.25, 0.3) is 0 Å². The second kappa shape index (κ2) is 8.34. The number of hydrogen-bond acceptors (Lipinski definition) is 3. The molecule has 0 bridgehead atoms. The van der Waals surface area contributed by atoms with Gasteiger partial charge in [-0.25, -0.2) is 9.59 Å². The minimum absolute atomic E-state index is 0.138. The minimum Gasteiger partial charge on any atom is -0.480 e. The van der Waals surface area contributed by atoms with Gasteiger partial charge in [0.15, 0.2) is 0 Å². The molecule has 0 radical (unpaired) electrons. The molecular formula is C12H21N3O3. The normalized spacial score (nSPS) is 13.2. The molecular weight excluding hydrogens is 234 g/mol. The molecule has 0 rings (SSSR count). The predicted molar refractivity (Wildman–Crippen MR) is 66.9 cm³/mol. The van der Waals surface area contributed by atoms with Gasteiger partial charge in [-0.2, -0.15) is 5.26 Å². The molecule has 0 fully saturated rings. The summed E-state index contributed by atoms with van der Waals surface area (Å²) >= 11 is 0. The Bertz CT molecular complexity index is 325. The number of nitriles is 1. The number of amides is 2. The number of carbonyl (C=O) groups excluding carboxylic acids is 1. The van der Waals surface area contributed by atoms with E-state index in [1.165, 1.54) is 4.90 Å². The number of hydrogen-bond donors (Lipinski definition) is 2. The summed E-state index contributed by atoms with van der Waals surface area (Å²) in [6, 6.07) is 0.639. The van der Waals surface area contributed by atoms with Crippen LogP contribution in [0.4, 0.5) is 4.79 Å². The Morgan fingerprint density at radius 1 is 1.44 bits per heavy atom. The summed E-state index contributed by atoms with van der Waals surface area (Å²) in [6.45, 7) is 6.20. The van der Waals surface area contributed by atoms with Gasteiger partial charge in [0.1, 0.15) is 6.04 Å². The van der Waals surface area contributed by atoms with Gasteiger partial charge in [-0.15, -0.1) is 0 Å². The van der Waals surface area contributed by atoms with Gasteiger partial charge in [0.25, 0.3) is 0 Å². The number of carboxylic acids is 1. The summed E-state index contributed by atoms with van der Waals surface area (Å²) in [7, 11) is 0. The number of rotatable bonds is 7. The molecule has 0 unspecified atom stereocenters. The van der Waals surface area contributed by atoms with Crippen molar-refractivity contribution in [1.82, 2.24) is 10.2 Å². The molecule has 0 saturated carbocycles. The zero-order chi connectivity index (χ0) is 14.1. The molecule has 0 aliphatic heterocycles. The first kappa shape index (κ1) is 16.2. The van der Waals surface area contributed by atoms with Crippen LogP contribution < -0.4 is 5.32 Å². The molecule has 2 atom stereocenters. The second-order valence-corrected chi connectivity index (χ2v) is 4.14. The van der Waals surface area contributed by atoms with Crippen molar-refractivity contribution in [1.29, 1.82) is 5.26 Å². The lowest BCUT2D eigenvalue weighted by Crippen LogP contribution is -2.50. The topological polar surface area (TPSA) is 93.4 Å².